The van der Waals surface area contributed by atoms with Gasteiger partial charge >= 0.3 is 0 Å². The zero-order valence-corrected chi connectivity index (χ0v) is 17.9. The first-order valence-electron chi connectivity index (χ1n) is 9.18. The van der Waals surface area contributed by atoms with Crippen molar-refractivity contribution >= 4 is 17.7 Å². The van der Waals surface area contributed by atoms with E-state index in [9.17, 15) is 4.39 Å². The summed E-state index contributed by atoms with van der Waals surface area (Å²) >= 11 is 1.81. The summed E-state index contributed by atoms with van der Waals surface area (Å²) in [5.41, 5.74) is 0.811. The maximum absolute atomic E-state index is 14.0. The summed E-state index contributed by atoms with van der Waals surface area (Å²) in [6.07, 6.45) is 3.11. The normalized spacial score (nSPS) is 12.7. The fraction of sp³-hybridized carbons (Fsp3) is 0.526. The highest BCUT2D eigenvalue weighted by Crippen LogP contribution is 2.21. The molecule has 9 heteroatoms. The summed E-state index contributed by atoms with van der Waals surface area (Å²) in [5.74, 6) is 3.21. The van der Waals surface area contributed by atoms with Gasteiger partial charge in [0.05, 0.1) is 13.2 Å². The second-order valence-corrected chi connectivity index (χ2v) is 7.41. The molecule has 0 saturated carbocycles. The Labute approximate surface area is 170 Å². The number of hydrogen-bond donors (Lipinski definition) is 2. The van der Waals surface area contributed by atoms with Crippen LogP contribution in [0.25, 0.3) is 0 Å². The lowest BCUT2D eigenvalue weighted by molar-refractivity contribution is 0.386. The second kappa shape index (κ2) is 10.9. The number of aryl methyl sites for hydroxylation is 1. The fourth-order valence-electron chi connectivity index (χ4n) is 2.55. The molecule has 0 saturated heterocycles. The number of rotatable bonds is 9. The quantitative estimate of drug-likeness (QED) is 0.378. The van der Waals surface area contributed by atoms with E-state index < -0.39 is 0 Å². The summed E-state index contributed by atoms with van der Waals surface area (Å²) in [5, 5.41) is 14.9. The maximum atomic E-state index is 14.0. The topological polar surface area (TPSA) is 76.4 Å². The molecular formula is C19H29FN6OS. The van der Waals surface area contributed by atoms with Crippen LogP contribution in [0.15, 0.2) is 23.2 Å². The average molecular weight is 409 g/mol. The van der Waals surface area contributed by atoms with Gasteiger partial charge in [-0.05, 0) is 50.0 Å². The van der Waals surface area contributed by atoms with Crippen molar-refractivity contribution < 1.29 is 9.13 Å². The molecule has 0 aliphatic heterocycles. The number of thioether (sulfide) groups is 1. The molecule has 0 aliphatic rings. The molecule has 1 atom stereocenters. The van der Waals surface area contributed by atoms with Crippen LogP contribution in [0.2, 0.25) is 0 Å². The molecule has 1 aromatic carbocycles. The number of methoxy groups -OCH3 is 1. The minimum Gasteiger partial charge on any atom is -0.494 e. The van der Waals surface area contributed by atoms with Gasteiger partial charge in [-0.3, -0.25) is 0 Å². The van der Waals surface area contributed by atoms with Crippen molar-refractivity contribution in [3.8, 4) is 5.75 Å². The highest BCUT2D eigenvalue weighted by molar-refractivity contribution is 7.98. The third-order valence-corrected chi connectivity index (χ3v) is 5.11. The number of aliphatic imine (C=N–C) groups is 1. The van der Waals surface area contributed by atoms with Crippen molar-refractivity contribution in [2.45, 2.75) is 32.9 Å². The largest absolute Gasteiger partial charge is 0.494 e. The van der Waals surface area contributed by atoms with Gasteiger partial charge in [0.2, 0.25) is 0 Å². The first kappa shape index (κ1) is 22.0. The lowest BCUT2D eigenvalue weighted by Gasteiger charge is -2.19. The van der Waals surface area contributed by atoms with Crippen molar-refractivity contribution in [1.82, 2.24) is 25.4 Å². The molecule has 1 aromatic heterocycles. The van der Waals surface area contributed by atoms with Gasteiger partial charge in [0.15, 0.2) is 23.4 Å². The van der Waals surface area contributed by atoms with Crippen LogP contribution in [-0.2, 0) is 13.6 Å². The van der Waals surface area contributed by atoms with Gasteiger partial charge in [0.1, 0.15) is 12.4 Å². The number of benzene rings is 1. The van der Waals surface area contributed by atoms with E-state index in [2.05, 4.69) is 32.1 Å². The first-order valence-corrected chi connectivity index (χ1v) is 10.6. The highest BCUT2D eigenvalue weighted by atomic mass is 32.2. The van der Waals surface area contributed by atoms with E-state index in [1.54, 1.807) is 6.07 Å². The Bertz CT molecular complexity index is 795. The minimum absolute atomic E-state index is 0.131. The van der Waals surface area contributed by atoms with Gasteiger partial charge in [0.25, 0.3) is 0 Å². The Kier molecular flexibility index (Phi) is 8.56. The Morgan fingerprint density at radius 1 is 1.39 bits per heavy atom. The second-order valence-electron chi connectivity index (χ2n) is 6.42. The number of ether oxygens (including phenoxy) is 1. The van der Waals surface area contributed by atoms with E-state index in [0.717, 1.165) is 35.9 Å². The van der Waals surface area contributed by atoms with Crippen molar-refractivity contribution in [3.63, 3.8) is 0 Å². The van der Waals surface area contributed by atoms with Crippen LogP contribution in [0.1, 0.15) is 36.6 Å². The summed E-state index contributed by atoms with van der Waals surface area (Å²) in [6.45, 7) is 5.07. The van der Waals surface area contributed by atoms with Crippen LogP contribution < -0.4 is 15.4 Å². The summed E-state index contributed by atoms with van der Waals surface area (Å²) in [4.78, 5) is 4.63. The molecule has 0 bridgehead atoms. The molecule has 1 unspecified atom stereocenters. The first-order chi connectivity index (χ1) is 13.5. The van der Waals surface area contributed by atoms with Crippen molar-refractivity contribution in [2.75, 3.05) is 25.7 Å². The maximum Gasteiger partial charge on any atom is 0.192 e. The third-order valence-electron chi connectivity index (χ3n) is 4.41. The Hall–Kier alpha value is -2.29. The van der Waals surface area contributed by atoms with Gasteiger partial charge < -0.3 is 19.9 Å². The zero-order valence-electron chi connectivity index (χ0n) is 17.1. The molecule has 2 rings (SSSR count). The van der Waals surface area contributed by atoms with Crippen LogP contribution in [0.4, 0.5) is 4.39 Å². The molecule has 0 aliphatic carbocycles. The zero-order chi connectivity index (χ0) is 20.5. The van der Waals surface area contributed by atoms with Crippen molar-refractivity contribution in [2.24, 2.45) is 12.0 Å². The van der Waals surface area contributed by atoms with E-state index >= 15 is 0 Å². The van der Waals surface area contributed by atoms with Crippen molar-refractivity contribution in [1.29, 1.82) is 0 Å². The van der Waals surface area contributed by atoms with Gasteiger partial charge in [-0.15, -0.1) is 10.2 Å². The predicted octanol–water partition coefficient (Wildman–Crippen LogP) is 2.82. The van der Waals surface area contributed by atoms with E-state index in [0.29, 0.717) is 12.5 Å². The molecule has 2 aromatic rings. The molecule has 0 radical (unpaired) electrons. The van der Waals surface area contributed by atoms with Crippen molar-refractivity contribution in [3.05, 3.63) is 41.2 Å². The number of aromatic nitrogens is 3. The van der Waals surface area contributed by atoms with Crippen LogP contribution in [0, 0.1) is 12.7 Å². The Morgan fingerprint density at radius 2 is 2.18 bits per heavy atom. The fourth-order valence-corrected chi connectivity index (χ4v) is 2.99. The van der Waals surface area contributed by atoms with Gasteiger partial charge in [0, 0.05) is 13.6 Å². The Balaban J connectivity index is 2.10. The lowest BCUT2D eigenvalue weighted by atomic mass is 10.1. The van der Waals surface area contributed by atoms with E-state index in [4.69, 9.17) is 4.74 Å². The van der Waals surface area contributed by atoms with Crippen LogP contribution >= 0.6 is 11.8 Å². The van der Waals surface area contributed by atoms with Crippen LogP contribution in [0.3, 0.4) is 0 Å². The number of halogens is 1. The number of guanidine groups is 1. The number of nitrogens with one attached hydrogen (secondary N) is 2. The molecule has 154 valence electrons. The average Bonchev–Trinajstić information content (AvgIpc) is 3.01. The molecule has 28 heavy (non-hydrogen) atoms. The summed E-state index contributed by atoms with van der Waals surface area (Å²) < 4.78 is 20.9. The molecule has 7 nitrogen and oxygen atoms in total. The SMILES string of the molecule is COc1ccc(C(C)NC(=NCc2nnc(C)n2C)NCCCSC)cc1F. The van der Waals surface area contributed by atoms with E-state index in [-0.39, 0.29) is 17.6 Å². The molecule has 1 heterocycles. The van der Waals surface area contributed by atoms with Gasteiger partial charge in [-0.25, -0.2) is 9.38 Å². The summed E-state index contributed by atoms with van der Waals surface area (Å²) in [7, 11) is 3.37. The number of nitrogens with zero attached hydrogens (tertiary/aromatic N) is 4. The summed E-state index contributed by atoms with van der Waals surface area (Å²) in [6, 6.07) is 4.83. The standard InChI is InChI=1S/C19H29FN6OS/c1-13(15-7-8-17(27-4)16(20)11-15)23-19(21-9-6-10-28-5)22-12-18-25-24-14(2)26(18)3/h7-8,11,13H,6,9-10,12H2,1-5H3,(H2,21,22,23). The molecule has 2 N–H and O–H groups in total. The van der Waals surface area contributed by atoms with Crippen LogP contribution in [-0.4, -0.2) is 46.4 Å². The minimum atomic E-state index is -0.380. The van der Waals surface area contributed by atoms with Gasteiger partial charge in [-0.2, -0.15) is 11.8 Å². The third kappa shape index (κ3) is 6.12. The Morgan fingerprint density at radius 3 is 2.79 bits per heavy atom. The highest BCUT2D eigenvalue weighted by Gasteiger charge is 2.12. The monoisotopic (exact) mass is 408 g/mol. The molecule has 0 amide bonds. The molecule has 0 fully saturated rings. The molecular weight excluding hydrogens is 379 g/mol. The van der Waals surface area contributed by atoms with E-state index in [1.165, 1.54) is 13.2 Å². The predicted molar refractivity (Wildman–Crippen MR) is 112 cm³/mol. The lowest BCUT2D eigenvalue weighted by Crippen LogP contribution is -2.39. The smallest absolute Gasteiger partial charge is 0.192 e. The van der Waals surface area contributed by atoms with E-state index in [1.807, 2.05) is 43.3 Å². The number of hydrogen-bond acceptors (Lipinski definition) is 5. The van der Waals surface area contributed by atoms with Gasteiger partial charge in [-0.1, -0.05) is 6.07 Å². The van der Waals surface area contributed by atoms with Crippen LogP contribution in [0.5, 0.6) is 5.75 Å². The molecule has 0 spiro atoms.